The Hall–Kier alpha value is -1.53. The van der Waals surface area contributed by atoms with Crippen LogP contribution in [0.5, 0.6) is 0 Å². The van der Waals surface area contributed by atoms with Crippen molar-refractivity contribution in [3.8, 4) is 0 Å². The van der Waals surface area contributed by atoms with Crippen LogP contribution in [0.2, 0.25) is 0 Å². The van der Waals surface area contributed by atoms with Gasteiger partial charge in [-0.3, -0.25) is 4.55 Å². The SMILES string of the molecule is CCCCN1C=CN(C)C1C.Cc1ccc(S(=O)(=O)O)cc1. The minimum Gasteiger partial charge on any atom is -0.359 e. The molecule has 0 bridgehead atoms. The fourth-order valence-electron chi connectivity index (χ4n) is 1.99. The first-order valence-electron chi connectivity index (χ1n) is 7.46. The maximum atomic E-state index is 10.5. The summed E-state index contributed by atoms with van der Waals surface area (Å²) >= 11 is 0. The van der Waals surface area contributed by atoms with Gasteiger partial charge in [-0.15, -0.1) is 0 Å². The monoisotopic (exact) mass is 326 g/mol. The lowest BCUT2D eigenvalue weighted by Crippen LogP contribution is -2.33. The Kier molecular flexibility index (Phi) is 6.90. The molecule has 124 valence electrons. The van der Waals surface area contributed by atoms with Crippen molar-refractivity contribution in [2.45, 2.75) is 44.7 Å². The first-order valence-corrected chi connectivity index (χ1v) is 8.90. The largest absolute Gasteiger partial charge is 0.359 e. The van der Waals surface area contributed by atoms with Crippen LogP contribution in [0.15, 0.2) is 41.6 Å². The molecule has 1 aromatic rings. The summed E-state index contributed by atoms with van der Waals surface area (Å²) in [6, 6.07) is 5.99. The fraction of sp³-hybridized carbons (Fsp3) is 0.500. The predicted octanol–water partition coefficient (Wildman–Crippen LogP) is 3.09. The minimum atomic E-state index is -4.02. The van der Waals surface area contributed by atoms with Crippen LogP contribution in [-0.2, 0) is 10.1 Å². The van der Waals surface area contributed by atoms with E-state index in [1.54, 1.807) is 12.1 Å². The highest BCUT2D eigenvalue weighted by Gasteiger charge is 2.16. The molecule has 1 heterocycles. The highest BCUT2D eigenvalue weighted by molar-refractivity contribution is 7.85. The third-order valence-electron chi connectivity index (χ3n) is 3.65. The van der Waals surface area contributed by atoms with Crippen LogP contribution in [0.25, 0.3) is 0 Å². The van der Waals surface area contributed by atoms with Gasteiger partial charge in [0.1, 0.15) is 0 Å². The van der Waals surface area contributed by atoms with Gasteiger partial charge < -0.3 is 9.80 Å². The van der Waals surface area contributed by atoms with Crippen molar-refractivity contribution in [1.29, 1.82) is 0 Å². The van der Waals surface area contributed by atoms with Crippen LogP contribution in [0, 0.1) is 6.92 Å². The molecule has 1 aromatic carbocycles. The summed E-state index contributed by atoms with van der Waals surface area (Å²) in [5.74, 6) is 0. The van der Waals surface area contributed by atoms with Gasteiger partial charge >= 0.3 is 0 Å². The molecule has 0 saturated carbocycles. The molecule has 2 rings (SSSR count). The first-order chi connectivity index (χ1) is 10.3. The Balaban J connectivity index is 0.000000220. The Labute approximate surface area is 134 Å². The number of unbranched alkanes of at least 4 members (excludes halogenated alkanes) is 1. The fourth-order valence-corrected chi connectivity index (χ4v) is 2.47. The van der Waals surface area contributed by atoms with Crippen molar-refractivity contribution in [1.82, 2.24) is 9.80 Å². The second kappa shape index (κ2) is 8.19. The third-order valence-corrected chi connectivity index (χ3v) is 4.52. The minimum absolute atomic E-state index is 0.0666. The lowest BCUT2D eigenvalue weighted by molar-refractivity contribution is 0.193. The quantitative estimate of drug-likeness (QED) is 0.862. The maximum absolute atomic E-state index is 10.5. The van der Waals surface area contributed by atoms with Crippen LogP contribution in [0.4, 0.5) is 0 Å². The number of hydrogen-bond donors (Lipinski definition) is 1. The standard InChI is InChI=1S/C9H18N2.C7H8O3S/c1-4-5-6-11-8-7-10(3)9(11)2;1-6-2-4-7(5-3-6)11(8,9)10/h7-9H,4-6H2,1-3H3;2-5H,1H3,(H,8,9,10). The first kappa shape index (κ1) is 18.5. The summed E-state index contributed by atoms with van der Waals surface area (Å²) in [4.78, 5) is 4.54. The van der Waals surface area contributed by atoms with E-state index >= 15 is 0 Å². The van der Waals surface area contributed by atoms with Crippen molar-refractivity contribution in [3.05, 3.63) is 42.2 Å². The molecule has 0 spiro atoms. The molecule has 0 radical (unpaired) electrons. The Bertz CT molecular complexity index is 582. The zero-order chi connectivity index (χ0) is 16.8. The van der Waals surface area contributed by atoms with E-state index in [2.05, 4.69) is 43.1 Å². The van der Waals surface area contributed by atoms with E-state index < -0.39 is 10.1 Å². The smallest absolute Gasteiger partial charge is 0.294 e. The van der Waals surface area contributed by atoms with E-state index in [0.29, 0.717) is 6.17 Å². The van der Waals surface area contributed by atoms with Gasteiger partial charge in [0.15, 0.2) is 0 Å². The Morgan fingerprint density at radius 3 is 2.18 bits per heavy atom. The van der Waals surface area contributed by atoms with E-state index in [9.17, 15) is 8.42 Å². The summed E-state index contributed by atoms with van der Waals surface area (Å²) in [5.41, 5.74) is 0.956. The van der Waals surface area contributed by atoms with Gasteiger partial charge in [-0.1, -0.05) is 31.0 Å². The summed E-state index contributed by atoms with van der Waals surface area (Å²) in [6.07, 6.45) is 7.45. The summed E-state index contributed by atoms with van der Waals surface area (Å²) in [7, 11) is -1.90. The molecule has 6 heteroatoms. The van der Waals surface area contributed by atoms with Crippen molar-refractivity contribution < 1.29 is 13.0 Å². The van der Waals surface area contributed by atoms with Crippen LogP contribution < -0.4 is 0 Å². The summed E-state index contributed by atoms with van der Waals surface area (Å²) < 4.78 is 29.6. The maximum Gasteiger partial charge on any atom is 0.294 e. The van der Waals surface area contributed by atoms with Gasteiger partial charge in [0.25, 0.3) is 10.1 Å². The van der Waals surface area contributed by atoms with Crippen molar-refractivity contribution in [3.63, 3.8) is 0 Å². The van der Waals surface area contributed by atoms with Crippen LogP contribution in [-0.4, -0.2) is 42.5 Å². The van der Waals surface area contributed by atoms with Crippen molar-refractivity contribution in [2.75, 3.05) is 13.6 Å². The molecule has 0 saturated heterocycles. The molecule has 0 fully saturated rings. The second-order valence-electron chi connectivity index (χ2n) is 5.47. The molecule has 1 atom stereocenters. The lowest BCUT2D eigenvalue weighted by Gasteiger charge is -2.26. The number of benzene rings is 1. The van der Waals surface area contributed by atoms with E-state index in [4.69, 9.17) is 4.55 Å². The molecule has 1 unspecified atom stereocenters. The normalized spacial score (nSPS) is 17.4. The van der Waals surface area contributed by atoms with Gasteiger partial charge in [0.2, 0.25) is 0 Å². The molecule has 1 N–H and O–H groups in total. The lowest BCUT2D eigenvalue weighted by atomic mass is 10.2. The van der Waals surface area contributed by atoms with Gasteiger partial charge in [0.05, 0.1) is 11.1 Å². The van der Waals surface area contributed by atoms with E-state index in [1.807, 2.05) is 6.92 Å². The molecule has 22 heavy (non-hydrogen) atoms. The van der Waals surface area contributed by atoms with E-state index in [-0.39, 0.29) is 4.90 Å². The number of nitrogens with zero attached hydrogens (tertiary/aromatic N) is 2. The molecular weight excluding hydrogens is 300 g/mol. The Morgan fingerprint density at radius 1 is 1.18 bits per heavy atom. The molecule has 0 amide bonds. The summed E-state index contributed by atoms with van der Waals surface area (Å²) in [6.45, 7) is 7.50. The Morgan fingerprint density at radius 2 is 1.77 bits per heavy atom. The van der Waals surface area contributed by atoms with E-state index in [1.165, 1.54) is 31.5 Å². The van der Waals surface area contributed by atoms with Crippen molar-refractivity contribution in [2.24, 2.45) is 0 Å². The average Bonchev–Trinajstić information content (AvgIpc) is 2.77. The van der Waals surface area contributed by atoms with E-state index in [0.717, 1.165) is 5.56 Å². The highest BCUT2D eigenvalue weighted by atomic mass is 32.2. The molecule has 1 aliphatic rings. The van der Waals surface area contributed by atoms with Gasteiger partial charge in [0, 0.05) is 26.0 Å². The topological polar surface area (TPSA) is 60.9 Å². The van der Waals surface area contributed by atoms with Crippen LogP contribution in [0.1, 0.15) is 32.3 Å². The number of rotatable bonds is 4. The molecule has 0 aliphatic carbocycles. The predicted molar refractivity (Wildman–Crippen MR) is 89.0 cm³/mol. The number of aryl methyl sites for hydroxylation is 1. The van der Waals surface area contributed by atoms with Gasteiger partial charge in [-0.25, -0.2) is 0 Å². The molecular formula is C16H26N2O3S. The van der Waals surface area contributed by atoms with Crippen molar-refractivity contribution >= 4 is 10.1 Å². The van der Waals surface area contributed by atoms with Crippen LogP contribution in [0.3, 0.4) is 0 Å². The van der Waals surface area contributed by atoms with Gasteiger partial charge in [-0.05, 0) is 32.4 Å². The summed E-state index contributed by atoms with van der Waals surface area (Å²) in [5, 5.41) is 0. The number of hydrogen-bond acceptors (Lipinski definition) is 4. The van der Waals surface area contributed by atoms with Gasteiger partial charge in [-0.2, -0.15) is 8.42 Å². The zero-order valence-electron chi connectivity index (χ0n) is 13.7. The molecule has 0 aromatic heterocycles. The average molecular weight is 326 g/mol. The van der Waals surface area contributed by atoms with Crippen LogP contribution >= 0.6 is 0 Å². The zero-order valence-corrected chi connectivity index (χ0v) is 14.5. The molecule has 5 nitrogen and oxygen atoms in total. The third kappa shape index (κ3) is 5.69. The second-order valence-corrected chi connectivity index (χ2v) is 6.90. The molecule has 1 aliphatic heterocycles. The highest BCUT2D eigenvalue weighted by Crippen LogP contribution is 2.13.